The highest BCUT2D eigenvalue weighted by atomic mass is 19.3. The van der Waals surface area contributed by atoms with Crippen LogP contribution in [0.4, 0.5) is 20.2 Å². The minimum Gasteiger partial charge on any atom is -0.370 e. The van der Waals surface area contributed by atoms with Gasteiger partial charge >= 0.3 is 0 Å². The van der Waals surface area contributed by atoms with Gasteiger partial charge in [0.05, 0.1) is 12.3 Å². The molecule has 2 rings (SSSR count). The van der Waals surface area contributed by atoms with E-state index in [1.807, 2.05) is 0 Å². The number of rotatable bonds is 6. The number of hydrogen-bond donors (Lipinski definition) is 3. The first-order valence-electron chi connectivity index (χ1n) is 7.42. The Kier molecular flexibility index (Phi) is 5.99. The summed E-state index contributed by atoms with van der Waals surface area (Å²) in [5.41, 5.74) is 4.79. The minimum absolute atomic E-state index is 0.0568. The summed E-state index contributed by atoms with van der Waals surface area (Å²) in [5.74, 6) is -2.09. The van der Waals surface area contributed by atoms with Gasteiger partial charge in [-0.05, 0) is 25.2 Å². The number of nitrogens with one attached hydrogen (secondary N) is 2. The van der Waals surface area contributed by atoms with Crippen molar-refractivity contribution in [2.45, 2.75) is 12.5 Å². The van der Waals surface area contributed by atoms with Crippen LogP contribution in [0.25, 0.3) is 0 Å². The van der Waals surface area contributed by atoms with Gasteiger partial charge in [-0.15, -0.1) is 0 Å². The van der Waals surface area contributed by atoms with E-state index in [1.165, 1.54) is 24.1 Å². The van der Waals surface area contributed by atoms with Crippen molar-refractivity contribution >= 4 is 29.1 Å². The molecule has 4 N–H and O–H groups in total. The fourth-order valence-corrected chi connectivity index (χ4v) is 2.44. The summed E-state index contributed by atoms with van der Waals surface area (Å²) in [6.07, 6.45) is -2.86. The third kappa shape index (κ3) is 4.28. The largest absolute Gasteiger partial charge is 0.370 e. The number of halogens is 2. The van der Waals surface area contributed by atoms with E-state index in [-0.39, 0.29) is 31.1 Å². The molecule has 1 fully saturated rings. The molecule has 0 aromatic heterocycles. The molecule has 0 bridgehead atoms. The third-order valence-electron chi connectivity index (χ3n) is 3.64. The normalized spacial score (nSPS) is 16.0. The molecule has 0 saturated carbocycles. The number of alkyl halides is 2. The molecule has 10 heteroatoms. The second kappa shape index (κ2) is 7.99. The quantitative estimate of drug-likeness (QED) is 0.621. The molecule has 1 heterocycles. The molecule has 1 atom stereocenters. The molecular formula is C15H18F2N4O4. The van der Waals surface area contributed by atoms with Gasteiger partial charge in [-0.25, -0.2) is 8.78 Å². The molecule has 1 saturated heterocycles. The van der Waals surface area contributed by atoms with Gasteiger partial charge < -0.3 is 26.0 Å². The van der Waals surface area contributed by atoms with Gasteiger partial charge in [0.15, 0.2) is 6.04 Å². The lowest BCUT2D eigenvalue weighted by Gasteiger charge is -2.29. The zero-order valence-corrected chi connectivity index (χ0v) is 13.4. The van der Waals surface area contributed by atoms with Crippen molar-refractivity contribution in [3.8, 4) is 0 Å². The van der Waals surface area contributed by atoms with E-state index in [4.69, 9.17) is 10.5 Å². The second-order valence-corrected chi connectivity index (χ2v) is 5.29. The van der Waals surface area contributed by atoms with E-state index in [0.717, 1.165) is 6.07 Å². The molecule has 136 valence electrons. The zero-order chi connectivity index (χ0) is 18.6. The fourth-order valence-electron chi connectivity index (χ4n) is 2.44. The maximum Gasteiger partial charge on any atom is 0.265 e. The zero-order valence-electron chi connectivity index (χ0n) is 13.4. The van der Waals surface area contributed by atoms with Crippen LogP contribution in [0.3, 0.4) is 0 Å². The Morgan fingerprint density at radius 3 is 2.64 bits per heavy atom. The van der Waals surface area contributed by atoms with Gasteiger partial charge in [-0.2, -0.15) is 0 Å². The monoisotopic (exact) mass is 356 g/mol. The van der Waals surface area contributed by atoms with Gasteiger partial charge in [0.2, 0.25) is 5.91 Å². The van der Waals surface area contributed by atoms with Crippen LogP contribution in [0.1, 0.15) is 12.0 Å². The van der Waals surface area contributed by atoms with E-state index in [2.05, 4.69) is 10.6 Å². The number of nitrogens with zero attached hydrogens (tertiary/aromatic N) is 1. The lowest BCUT2D eigenvalue weighted by molar-refractivity contribution is -0.128. The first-order chi connectivity index (χ1) is 11.8. The molecule has 0 unspecified atom stereocenters. The summed E-state index contributed by atoms with van der Waals surface area (Å²) in [5, 5.41) is 4.77. The number of benzene rings is 1. The number of amides is 3. The van der Waals surface area contributed by atoms with Crippen LogP contribution in [-0.2, 0) is 19.1 Å². The molecular weight excluding hydrogens is 338 g/mol. The van der Waals surface area contributed by atoms with Crippen LogP contribution in [0.2, 0.25) is 0 Å². The van der Waals surface area contributed by atoms with Gasteiger partial charge in [0.1, 0.15) is 6.61 Å². The average molecular weight is 356 g/mol. The number of carbonyl (C=O) groups excluding carboxylic acids is 3. The predicted octanol–water partition coefficient (Wildman–Crippen LogP) is -0.000800. The number of morpholine rings is 1. The van der Waals surface area contributed by atoms with E-state index in [1.54, 1.807) is 0 Å². The van der Waals surface area contributed by atoms with Crippen LogP contribution in [0.15, 0.2) is 18.2 Å². The third-order valence-corrected chi connectivity index (χ3v) is 3.64. The Balaban J connectivity index is 2.28. The number of anilines is 2. The number of hydrogen-bond acceptors (Lipinski definition) is 5. The van der Waals surface area contributed by atoms with Crippen LogP contribution in [0.5, 0.6) is 0 Å². The number of nitrogens with two attached hydrogens (primary N) is 1. The van der Waals surface area contributed by atoms with Crippen molar-refractivity contribution < 1.29 is 27.9 Å². The lowest BCUT2D eigenvalue weighted by Crippen LogP contribution is -2.48. The fraction of sp³-hybridized carbons (Fsp3) is 0.400. The molecule has 8 nitrogen and oxygen atoms in total. The van der Waals surface area contributed by atoms with Crippen molar-refractivity contribution in [3.05, 3.63) is 23.8 Å². The molecule has 0 radical (unpaired) electrons. The highest BCUT2D eigenvalue weighted by Gasteiger charge is 2.27. The van der Waals surface area contributed by atoms with Crippen molar-refractivity contribution in [1.82, 2.24) is 5.32 Å². The van der Waals surface area contributed by atoms with Gasteiger partial charge in [0, 0.05) is 17.8 Å². The Labute approximate surface area is 142 Å². The molecule has 0 spiro atoms. The van der Waals surface area contributed by atoms with Crippen molar-refractivity contribution in [3.63, 3.8) is 0 Å². The van der Waals surface area contributed by atoms with Gasteiger partial charge in [0.25, 0.3) is 18.2 Å². The number of ether oxygens (including phenoxy) is 1. The summed E-state index contributed by atoms with van der Waals surface area (Å²) in [6.45, 7) is 0.229. The van der Waals surface area contributed by atoms with E-state index < -0.39 is 35.8 Å². The Bertz CT molecular complexity index is 683. The minimum atomic E-state index is -2.86. The summed E-state index contributed by atoms with van der Waals surface area (Å²) >= 11 is 0. The average Bonchev–Trinajstić information content (AvgIpc) is 2.55. The molecule has 1 aromatic rings. The number of likely N-dealkylation sites (N-methyl/N-ethyl adjacent to an activating group) is 1. The smallest absolute Gasteiger partial charge is 0.265 e. The number of carbonyl (C=O) groups is 3. The summed E-state index contributed by atoms with van der Waals surface area (Å²) in [7, 11) is 1.37. The van der Waals surface area contributed by atoms with Gasteiger partial charge in [-0.3, -0.25) is 14.4 Å². The summed E-state index contributed by atoms with van der Waals surface area (Å²) in [6, 6.07) is 2.46. The molecule has 1 aromatic carbocycles. The second-order valence-electron chi connectivity index (χ2n) is 5.29. The Hall–Kier alpha value is -2.59. The molecule has 1 aliphatic heterocycles. The summed E-state index contributed by atoms with van der Waals surface area (Å²) < 4.78 is 31.8. The highest BCUT2D eigenvalue weighted by Crippen LogP contribution is 2.33. The molecule has 25 heavy (non-hydrogen) atoms. The van der Waals surface area contributed by atoms with E-state index >= 15 is 0 Å². The van der Waals surface area contributed by atoms with Gasteiger partial charge in [-0.1, -0.05) is 0 Å². The van der Waals surface area contributed by atoms with Crippen molar-refractivity contribution in [1.29, 1.82) is 0 Å². The van der Waals surface area contributed by atoms with E-state index in [9.17, 15) is 23.2 Å². The Morgan fingerprint density at radius 2 is 2.08 bits per heavy atom. The molecule has 1 aliphatic rings. The SMILES string of the molecule is CN[C@@H](C(N)=O)C(=O)Nc1ccc(N2CCOCC2=O)c(C(F)F)c1. The van der Waals surface area contributed by atoms with Crippen molar-refractivity contribution in [2.24, 2.45) is 5.73 Å². The standard InChI is InChI=1S/C15H18F2N4O4/c1-19-12(14(18)23)15(24)20-8-2-3-10(9(6-8)13(16)17)21-4-5-25-7-11(21)22/h2-3,6,12-13,19H,4-5,7H2,1H3,(H2,18,23)(H,20,24)/t12-/m0/s1. The first-order valence-corrected chi connectivity index (χ1v) is 7.42. The highest BCUT2D eigenvalue weighted by molar-refractivity contribution is 6.09. The first kappa shape index (κ1) is 18.7. The summed E-state index contributed by atoms with van der Waals surface area (Å²) in [4.78, 5) is 36.2. The van der Waals surface area contributed by atoms with Crippen LogP contribution >= 0.6 is 0 Å². The topological polar surface area (TPSA) is 114 Å². The number of primary amides is 1. The molecule has 3 amide bonds. The maximum absolute atomic E-state index is 13.4. The predicted molar refractivity (Wildman–Crippen MR) is 85.2 cm³/mol. The van der Waals surface area contributed by atoms with Crippen LogP contribution in [-0.4, -0.2) is 50.6 Å². The lowest BCUT2D eigenvalue weighted by atomic mass is 10.1. The van der Waals surface area contributed by atoms with Crippen LogP contribution in [0, 0.1) is 0 Å². The Morgan fingerprint density at radius 1 is 1.36 bits per heavy atom. The van der Waals surface area contributed by atoms with Crippen molar-refractivity contribution in [2.75, 3.05) is 37.0 Å². The maximum atomic E-state index is 13.4. The van der Waals surface area contributed by atoms with E-state index in [0.29, 0.717) is 0 Å². The molecule has 0 aliphatic carbocycles. The van der Waals surface area contributed by atoms with Crippen LogP contribution < -0.4 is 21.3 Å².